The summed E-state index contributed by atoms with van der Waals surface area (Å²) in [6.07, 6.45) is 2.14. The molecule has 8 nitrogen and oxygen atoms in total. The molecule has 1 aromatic carbocycles. The van der Waals surface area contributed by atoms with E-state index in [1.54, 1.807) is 0 Å². The van der Waals surface area contributed by atoms with Crippen LogP contribution < -0.4 is 5.32 Å². The number of ether oxygens (including phenoxy) is 1. The molecular formula is C17H18F2N4O4S. The first-order chi connectivity index (χ1) is 13.2. The number of urea groups is 1. The van der Waals surface area contributed by atoms with E-state index >= 15 is 0 Å². The smallest absolute Gasteiger partial charge is 0.322 e. The Kier molecular flexibility index (Phi) is 4.58. The van der Waals surface area contributed by atoms with Crippen molar-refractivity contribution < 1.29 is 26.7 Å². The molecule has 28 heavy (non-hydrogen) atoms. The number of hydrogen-bond acceptors (Lipinski definition) is 5. The minimum Gasteiger partial charge on any atom is -0.369 e. The van der Waals surface area contributed by atoms with Crippen LogP contribution in [0.15, 0.2) is 36.7 Å². The summed E-state index contributed by atoms with van der Waals surface area (Å²) in [6.45, 7) is 0.249. The fourth-order valence-electron chi connectivity index (χ4n) is 3.42. The van der Waals surface area contributed by atoms with Crippen LogP contribution in [-0.4, -0.2) is 65.4 Å². The highest BCUT2D eigenvalue weighted by atomic mass is 32.2. The fraction of sp³-hybridized carbons (Fsp3) is 0.412. The monoisotopic (exact) mass is 412 g/mol. The largest absolute Gasteiger partial charge is 0.369 e. The number of carbonyl (C=O) groups is 1. The van der Waals surface area contributed by atoms with Crippen molar-refractivity contribution in [2.24, 2.45) is 0 Å². The molecule has 2 aromatic rings. The third-order valence-corrected chi connectivity index (χ3v) is 7.11. The lowest BCUT2D eigenvalue weighted by Gasteiger charge is -2.51. The van der Waals surface area contributed by atoms with Crippen LogP contribution in [0.2, 0.25) is 0 Å². The third kappa shape index (κ3) is 3.72. The molecule has 3 heterocycles. The number of nitrogens with zero attached hydrogens (tertiary/aromatic N) is 3. The zero-order chi connectivity index (χ0) is 19.9. The minimum atomic E-state index is -3.50. The Bertz CT molecular complexity index is 987. The Balaban J connectivity index is 1.34. The molecule has 2 saturated heterocycles. The maximum atomic E-state index is 13.0. The van der Waals surface area contributed by atoms with Crippen LogP contribution in [0.4, 0.5) is 19.3 Å². The van der Waals surface area contributed by atoms with E-state index in [0.717, 1.165) is 12.4 Å². The molecule has 2 aliphatic heterocycles. The Labute approximate surface area is 160 Å². The van der Waals surface area contributed by atoms with Gasteiger partial charge in [0.25, 0.3) is 0 Å². The second-order valence-corrected chi connectivity index (χ2v) is 9.38. The molecule has 0 unspecified atom stereocenters. The molecule has 150 valence electrons. The van der Waals surface area contributed by atoms with Crippen LogP contribution in [-0.2, 0) is 21.1 Å². The zero-order valence-electron chi connectivity index (χ0n) is 14.7. The summed E-state index contributed by atoms with van der Waals surface area (Å²) in [5.41, 5.74) is -0.485. The number of halogens is 2. The van der Waals surface area contributed by atoms with Crippen LogP contribution in [0, 0.1) is 11.6 Å². The predicted molar refractivity (Wildman–Crippen MR) is 95.4 cm³/mol. The normalized spacial score (nSPS) is 22.6. The molecular weight excluding hydrogens is 394 g/mol. The average Bonchev–Trinajstić information content (AvgIpc) is 3.01. The van der Waals surface area contributed by atoms with Gasteiger partial charge in [-0.2, -0.15) is 5.10 Å². The third-order valence-electron chi connectivity index (χ3n) is 4.88. The molecule has 2 fully saturated rings. The summed E-state index contributed by atoms with van der Waals surface area (Å²) < 4.78 is 58.2. The zero-order valence-corrected chi connectivity index (χ0v) is 15.5. The van der Waals surface area contributed by atoms with Gasteiger partial charge in [-0.1, -0.05) is 0 Å². The van der Waals surface area contributed by atoms with Gasteiger partial charge in [-0.25, -0.2) is 22.0 Å². The van der Waals surface area contributed by atoms with Crippen LogP contribution in [0.25, 0.3) is 0 Å². The lowest BCUT2D eigenvalue weighted by molar-refractivity contribution is -0.117. The molecule has 0 radical (unpaired) electrons. The van der Waals surface area contributed by atoms with Crippen LogP contribution in [0.3, 0.4) is 0 Å². The van der Waals surface area contributed by atoms with Crippen LogP contribution in [0.5, 0.6) is 0 Å². The number of sulfone groups is 1. The Morgan fingerprint density at radius 3 is 2.57 bits per heavy atom. The topological polar surface area (TPSA) is 93.5 Å². The lowest BCUT2D eigenvalue weighted by atomic mass is 9.96. The number of rotatable bonds is 3. The van der Waals surface area contributed by atoms with Gasteiger partial charge in [-0.3, -0.25) is 4.68 Å². The van der Waals surface area contributed by atoms with Crippen molar-refractivity contribution in [3.8, 4) is 0 Å². The van der Waals surface area contributed by atoms with Gasteiger partial charge < -0.3 is 15.0 Å². The number of amides is 2. The lowest BCUT2D eigenvalue weighted by Crippen LogP contribution is -2.71. The van der Waals surface area contributed by atoms with Gasteiger partial charge in [0.15, 0.2) is 15.7 Å². The van der Waals surface area contributed by atoms with Gasteiger partial charge >= 0.3 is 6.03 Å². The first-order valence-corrected chi connectivity index (χ1v) is 10.3. The van der Waals surface area contributed by atoms with Crippen molar-refractivity contribution in [1.82, 2.24) is 14.7 Å². The number of anilines is 1. The average molecular weight is 412 g/mol. The summed E-state index contributed by atoms with van der Waals surface area (Å²) in [6, 6.07) is 4.93. The summed E-state index contributed by atoms with van der Waals surface area (Å²) in [5.74, 6) is -1.16. The van der Waals surface area contributed by atoms with Crippen LogP contribution in [0.1, 0.15) is 0 Å². The molecule has 1 N–H and O–H groups in total. The summed E-state index contributed by atoms with van der Waals surface area (Å²) in [5, 5.41) is 5.57. The molecule has 0 saturated carbocycles. The van der Waals surface area contributed by atoms with Crippen molar-refractivity contribution in [1.29, 1.82) is 0 Å². The predicted octanol–water partition coefficient (Wildman–Crippen LogP) is 1.26. The maximum absolute atomic E-state index is 13.0. The van der Waals surface area contributed by atoms with E-state index in [1.165, 1.54) is 33.8 Å². The summed E-state index contributed by atoms with van der Waals surface area (Å²) in [7, 11) is -3.50. The van der Waals surface area contributed by atoms with E-state index in [9.17, 15) is 22.0 Å². The van der Waals surface area contributed by atoms with Crippen molar-refractivity contribution >= 4 is 21.6 Å². The number of aromatic nitrogens is 2. The Morgan fingerprint density at radius 1 is 1.25 bits per heavy atom. The standard InChI is InChI=1S/C17H18F2N4O4S/c18-12-1-3-14(4-2-12)21-16(24)22-9-17(10-22)11-28(25,26)15(8-27-17)7-23-6-13(19)5-20-23/h1-6,15H,7-11H2,(H,21,24)/t15-/m0/s1. The first kappa shape index (κ1) is 18.8. The SMILES string of the molecule is O=C(Nc1ccc(F)cc1)N1CC2(C1)CS(=O)(=O)[C@@H](Cn1cc(F)cn1)CO2. The highest BCUT2D eigenvalue weighted by Crippen LogP contribution is 2.33. The van der Waals surface area contributed by atoms with Crippen LogP contribution >= 0.6 is 0 Å². The van der Waals surface area contributed by atoms with E-state index in [2.05, 4.69) is 10.4 Å². The van der Waals surface area contributed by atoms with E-state index in [-0.39, 0.29) is 32.0 Å². The number of likely N-dealkylation sites (tertiary alicyclic amines) is 1. The number of nitrogens with one attached hydrogen (secondary N) is 1. The van der Waals surface area contributed by atoms with E-state index < -0.39 is 38.4 Å². The van der Waals surface area contributed by atoms with Gasteiger partial charge in [0, 0.05) is 5.69 Å². The quantitative estimate of drug-likeness (QED) is 0.819. The van der Waals surface area contributed by atoms with E-state index in [4.69, 9.17) is 4.74 Å². The number of carbonyl (C=O) groups excluding carboxylic acids is 1. The van der Waals surface area contributed by atoms with Gasteiger partial charge in [0.2, 0.25) is 0 Å². The highest BCUT2D eigenvalue weighted by molar-refractivity contribution is 7.92. The van der Waals surface area contributed by atoms with Gasteiger partial charge in [-0.15, -0.1) is 0 Å². The van der Waals surface area contributed by atoms with Gasteiger partial charge in [0.05, 0.1) is 44.4 Å². The Morgan fingerprint density at radius 2 is 1.96 bits per heavy atom. The Hall–Kier alpha value is -2.53. The summed E-state index contributed by atoms with van der Waals surface area (Å²) >= 11 is 0. The molecule has 0 aliphatic carbocycles. The van der Waals surface area contributed by atoms with Crippen molar-refractivity contribution in [3.05, 3.63) is 48.3 Å². The molecule has 2 amide bonds. The molecule has 2 aliphatic rings. The first-order valence-electron chi connectivity index (χ1n) is 8.60. The highest BCUT2D eigenvalue weighted by Gasteiger charge is 2.54. The van der Waals surface area contributed by atoms with E-state index in [1.807, 2.05) is 0 Å². The van der Waals surface area contributed by atoms with Crippen molar-refractivity contribution in [3.63, 3.8) is 0 Å². The second-order valence-electron chi connectivity index (χ2n) is 7.10. The minimum absolute atomic E-state index is 0.0110. The molecule has 1 aromatic heterocycles. The molecule has 1 spiro atoms. The van der Waals surface area contributed by atoms with Gasteiger partial charge in [-0.05, 0) is 24.3 Å². The van der Waals surface area contributed by atoms with Crippen molar-refractivity contribution in [2.75, 3.05) is 30.8 Å². The molecule has 0 bridgehead atoms. The second kappa shape index (κ2) is 6.82. The molecule has 1 atom stereocenters. The number of benzene rings is 1. The molecule has 11 heteroatoms. The maximum Gasteiger partial charge on any atom is 0.322 e. The van der Waals surface area contributed by atoms with E-state index in [0.29, 0.717) is 5.69 Å². The van der Waals surface area contributed by atoms with Crippen molar-refractivity contribution in [2.45, 2.75) is 17.4 Å². The summed E-state index contributed by atoms with van der Waals surface area (Å²) in [4.78, 5) is 13.7. The molecule has 4 rings (SSSR count). The van der Waals surface area contributed by atoms with Gasteiger partial charge in [0.1, 0.15) is 16.7 Å². The number of hydrogen-bond donors (Lipinski definition) is 1. The fourth-order valence-corrected chi connectivity index (χ4v) is 5.31.